The van der Waals surface area contributed by atoms with Crippen molar-refractivity contribution in [1.82, 2.24) is 24.5 Å². The minimum atomic E-state index is -2.59. The highest BCUT2D eigenvalue weighted by Gasteiger charge is 2.24. The molecule has 154 valence electrons. The van der Waals surface area contributed by atoms with Gasteiger partial charge < -0.3 is 10.6 Å². The second kappa shape index (κ2) is 7.81. The number of halogens is 2. The number of hydrogen-bond acceptors (Lipinski definition) is 4. The van der Waals surface area contributed by atoms with Crippen LogP contribution in [0, 0.1) is 6.92 Å². The third-order valence-electron chi connectivity index (χ3n) is 5.41. The van der Waals surface area contributed by atoms with E-state index in [4.69, 9.17) is 0 Å². The zero-order valence-corrected chi connectivity index (χ0v) is 16.4. The van der Waals surface area contributed by atoms with Gasteiger partial charge in [-0.1, -0.05) is 6.07 Å². The van der Waals surface area contributed by atoms with Gasteiger partial charge in [-0.2, -0.15) is 5.10 Å². The monoisotopic (exact) mass is 402 g/mol. The molecular weight excluding hydrogens is 378 g/mol. The highest BCUT2D eigenvalue weighted by Crippen LogP contribution is 2.25. The van der Waals surface area contributed by atoms with Crippen LogP contribution in [0.3, 0.4) is 0 Å². The minimum Gasteiger partial charge on any atom is -0.368 e. The molecule has 3 aromatic heterocycles. The number of carbonyl (C=O) groups is 1. The van der Waals surface area contributed by atoms with E-state index in [2.05, 4.69) is 20.7 Å². The second-order valence-electron chi connectivity index (χ2n) is 7.57. The van der Waals surface area contributed by atoms with E-state index in [0.717, 1.165) is 37.2 Å². The van der Waals surface area contributed by atoms with E-state index in [-0.39, 0.29) is 23.7 Å². The van der Waals surface area contributed by atoms with Crippen LogP contribution in [0.5, 0.6) is 0 Å². The van der Waals surface area contributed by atoms with Gasteiger partial charge in [0.05, 0.1) is 11.3 Å². The highest BCUT2D eigenvalue weighted by molar-refractivity contribution is 5.95. The van der Waals surface area contributed by atoms with E-state index in [9.17, 15) is 13.6 Å². The Morgan fingerprint density at radius 2 is 1.90 bits per heavy atom. The topological polar surface area (TPSA) is 76.2 Å². The van der Waals surface area contributed by atoms with Gasteiger partial charge in [0, 0.05) is 31.5 Å². The number of amides is 1. The van der Waals surface area contributed by atoms with Crippen molar-refractivity contribution >= 4 is 17.4 Å². The number of hydrogen-bond donors (Lipinski definition) is 2. The molecule has 1 saturated carbocycles. The molecule has 0 aliphatic heterocycles. The summed E-state index contributed by atoms with van der Waals surface area (Å²) in [5.41, 5.74) is 1.60. The molecule has 0 bridgehead atoms. The van der Waals surface area contributed by atoms with Crippen LogP contribution in [0.2, 0.25) is 0 Å². The normalized spacial score (nSPS) is 19.6. The van der Waals surface area contributed by atoms with Crippen molar-refractivity contribution in [2.45, 2.75) is 51.1 Å². The fraction of sp³-hybridized carbons (Fsp3) is 0.450. The van der Waals surface area contributed by atoms with Crippen LogP contribution in [0.1, 0.15) is 53.9 Å². The molecule has 3 aromatic rings. The molecule has 0 aromatic carbocycles. The maximum absolute atomic E-state index is 13.0. The van der Waals surface area contributed by atoms with Crippen LogP contribution in [0.15, 0.2) is 30.6 Å². The number of alkyl halides is 2. The summed E-state index contributed by atoms with van der Waals surface area (Å²) in [6, 6.07) is 5.72. The van der Waals surface area contributed by atoms with Gasteiger partial charge in [0.25, 0.3) is 12.3 Å². The predicted octanol–water partition coefficient (Wildman–Crippen LogP) is 3.47. The van der Waals surface area contributed by atoms with E-state index in [1.54, 1.807) is 28.4 Å². The van der Waals surface area contributed by atoms with Crippen LogP contribution in [0.25, 0.3) is 5.65 Å². The molecule has 1 aliphatic carbocycles. The molecule has 0 unspecified atom stereocenters. The van der Waals surface area contributed by atoms with Crippen LogP contribution < -0.4 is 10.6 Å². The zero-order valence-electron chi connectivity index (χ0n) is 16.4. The molecule has 0 saturated heterocycles. The smallest absolute Gasteiger partial charge is 0.281 e. The third-order valence-corrected chi connectivity index (χ3v) is 5.41. The van der Waals surface area contributed by atoms with Crippen molar-refractivity contribution in [3.8, 4) is 0 Å². The number of nitrogens with zero attached hydrogens (tertiary/aromatic N) is 4. The lowest BCUT2D eigenvalue weighted by atomic mass is 9.91. The summed E-state index contributed by atoms with van der Waals surface area (Å²) in [7, 11) is 1.80. The quantitative estimate of drug-likeness (QED) is 0.685. The van der Waals surface area contributed by atoms with Crippen LogP contribution in [-0.2, 0) is 7.05 Å². The molecule has 7 nitrogen and oxygen atoms in total. The van der Waals surface area contributed by atoms with Crippen molar-refractivity contribution in [2.24, 2.45) is 7.05 Å². The molecule has 1 fully saturated rings. The van der Waals surface area contributed by atoms with Gasteiger partial charge in [0.15, 0.2) is 0 Å². The molecular formula is C20H24F2N6O. The molecule has 1 amide bonds. The maximum Gasteiger partial charge on any atom is 0.281 e. The van der Waals surface area contributed by atoms with Crippen molar-refractivity contribution in [1.29, 1.82) is 0 Å². The molecule has 3 heterocycles. The number of fused-ring (bicyclic) bond motifs is 1. The first kappa shape index (κ1) is 19.4. The highest BCUT2D eigenvalue weighted by atomic mass is 19.3. The lowest BCUT2D eigenvalue weighted by Gasteiger charge is -2.30. The van der Waals surface area contributed by atoms with E-state index < -0.39 is 6.43 Å². The Kier molecular flexibility index (Phi) is 5.21. The van der Waals surface area contributed by atoms with Crippen molar-refractivity contribution < 1.29 is 13.6 Å². The predicted molar refractivity (Wildman–Crippen MR) is 105 cm³/mol. The SMILES string of the molecule is Cc1nn(C)cc1C(=O)N[C@H]1CC[C@@H](Nc2cccc3nc(C(F)F)cn23)CC1. The number of rotatable bonds is 5. The molecule has 9 heteroatoms. The number of nitrogens with one attached hydrogen (secondary N) is 2. The average Bonchev–Trinajstić information content (AvgIpc) is 3.27. The molecule has 0 atom stereocenters. The van der Waals surface area contributed by atoms with Gasteiger partial charge in [-0.05, 0) is 44.7 Å². The Labute approximate surface area is 167 Å². The van der Waals surface area contributed by atoms with Crippen LogP contribution in [-0.4, -0.2) is 37.2 Å². The average molecular weight is 402 g/mol. The van der Waals surface area contributed by atoms with Gasteiger partial charge in [-0.15, -0.1) is 0 Å². The molecule has 4 rings (SSSR count). The summed E-state index contributed by atoms with van der Waals surface area (Å²) < 4.78 is 29.2. The fourth-order valence-corrected chi connectivity index (χ4v) is 3.93. The molecule has 1 aliphatic rings. The van der Waals surface area contributed by atoms with Gasteiger partial charge >= 0.3 is 0 Å². The number of anilines is 1. The molecule has 29 heavy (non-hydrogen) atoms. The largest absolute Gasteiger partial charge is 0.368 e. The number of aromatic nitrogens is 4. The summed E-state index contributed by atoms with van der Waals surface area (Å²) in [6.45, 7) is 1.83. The first-order chi connectivity index (χ1) is 13.9. The first-order valence-corrected chi connectivity index (χ1v) is 9.74. The van der Waals surface area contributed by atoms with Crippen LogP contribution in [0.4, 0.5) is 14.6 Å². The van der Waals surface area contributed by atoms with Gasteiger partial charge in [-0.3, -0.25) is 13.9 Å². The Balaban J connectivity index is 1.36. The number of carbonyl (C=O) groups excluding carboxylic acids is 1. The summed E-state index contributed by atoms with van der Waals surface area (Å²) in [6.07, 6.45) is 3.98. The summed E-state index contributed by atoms with van der Waals surface area (Å²) in [5, 5.41) is 10.8. The van der Waals surface area contributed by atoms with E-state index in [1.807, 2.05) is 19.1 Å². The fourth-order valence-electron chi connectivity index (χ4n) is 3.93. The van der Waals surface area contributed by atoms with Gasteiger partial charge in [0.1, 0.15) is 17.2 Å². The summed E-state index contributed by atoms with van der Waals surface area (Å²) in [4.78, 5) is 16.4. The summed E-state index contributed by atoms with van der Waals surface area (Å²) in [5.74, 6) is 0.662. The minimum absolute atomic E-state index is 0.0882. The first-order valence-electron chi connectivity index (χ1n) is 9.74. The summed E-state index contributed by atoms with van der Waals surface area (Å²) >= 11 is 0. The molecule has 0 radical (unpaired) electrons. The lowest BCUT2D eigenvalue weighted by Crippen LogP contribution is -2.40. The number of aryl methyl sites for hydroxylation is 2. The Morgan fingerprint density at radius 3 is 2.55 bits per heavy atom. The van der Waals surface area contributed by atoms with Crippen LogP contribution >= 0.6 is 0 Å². The van der Waals surface area contributed by atoms with Gasteiger partial charge in [0.2, 0.25) is 0 Å². The lowest BCUT2D eigenvalue weighted by molar-refractivity contribution is 0.0926. The Morgan fingerprint density at radius 1 is 1.17 bits per heavy atom. The molecule has 2 N–H and O–H groups in total. The van der Waals surface area contributed by atoms with E-state index in [1.165, 1.54) is 6.20 Å². The Bertz CT molecular complexity index is 1020. The maximum atomic E-state index is 13.0. The third kappa shape index (κ3) is 4.08. The van der Waals surface area contributed by atoms with E-state index >= 15 is 0 Å². The standard InChI is InChI=1S/C20H24F2N6O/c1-12-15(10-27(2)26-12)20(29)24-14-8-6-13(7-9-14)23-17-4-3-5-18-25-16(19(21)22)11-28(17)18/h3-5,10-11,13-14,19,23H,6-9H2,1-2H3,(H,24,29)/t13-,14+. The van der Waals surface area contributed by atoms with E-state index in [0.29, 0.717) is 11.2 Å². The van der Waals surface area contributed by atoms with Gasteiger partial charge in [-0.25, -0.2) is 13.8 Å². The number of pyridine rings is 1. The molecule has 0 spiro atoms. The zero-order chi connectivity index (χ0) is 20.5. The van der Waals surface area contributed by atoms with Crippen molar-refractivity contribution in [3.63, 3.8) is 0 Å². The second-order valence-corrected chi connectivity index (χ2v) is 7.57. The van der Waals surface area contributed by atoms with Crippen molar-refractivity contribution in [3.05, 3.63) is 47.5 Å². The van der Waals surface area contributed by atoms with Crippen molar-refractivity contribution in [2.75, 3.05) is 5.32 Å². The Hall–Kier alpha value is -2.97. The number of imidazole rings is 1.